The minimum absolute atomic E-state index is 0.185. The van der Waals surface area contributed by atoms with Gasteiger partial charge in [-0.15, -0.1) is 0 Å². The lowest BCUT2D eigenvalue weighted by Gasteiger charge is -1.97. The zero-order chi connectivity index (χ0) is 13.2. The predicted molar refractivity (Wildman–Crippen MR) is 67.3 cm³/mol. The van der Waals surface area contributed by atoms with Crippen LogP contribution in [-0.4, -0.2) is 15.1 Å². The van der Waals surface area contributed by atoms with Crippen molar-refractivity contribution in [3.05, 3.63) is 48.5 Å². The highest BCUT2D eigenvalue weighted by molar-refractivity contribution is 5.70. The number of halogens is 1. The van der Waals surface area contributed by atoms with Crippen molar-refractivity contribution < 1.29 is 8.91 Å². The fraction of sp³-hybridized carbons (Fsp3) is 0. The Balaban J connectivity index is 2.06. The van der Waals surface area contributed by atoms with Crippen molar-refractivity contribution in [3.8, 4) is 22.8 Å². The molecule has 94 valence electrons. The fourth-order valence-electron chi connectivity index (χ4n) is 1.69. The minimum Gasteiger partial charge on any atom is -0.397 e. The quantitative estimate of drug-likeness (QED) is 0.762. The van der Waals surface area contributed by atoms with Gasteiger partial charge in [0.15, 0.2) is 0 Å². The van der Waals surface area contributed by atoms with Crippen LogP contribution >= 0.6 is 0 Å². The topological polar surface area (TPSA) is 77.8 Å². The van der Waals surface area contributed by atoms with Crippen molar-refractivity contribution in [2.75, 3.05) is 5.73 Å². The van der Waals surface area contributed by atoms with Gasteiger partial charge in [0.1, 0.15) is 5.82 Å². The normalized spacial score (nSPS) is 10.6. The molecule has 0 unspecified atom stereocenters. The highest BCUT2D eigenvalue weighted by Gasteiger charge is 2.14. The molecule has 0 aliphatic rings. The van der Waals surface area contributed by atoms with Crippen LogP contribution in [0.3, 0.4) is 0 Å². The number of nitrogens with two attached hydrogens (primary N) is 1. The molecule has 0 radical (unpaired) electrons. The van der Waals surface area contributed by atoms with E-state index >= 15 is 0 Å². The summed E-state index contributed by atoms with van der Waals surface area (Å²) in [6.45, 7) is 0. The third-order valence-corrected chi connectivity index (χ3v) is 2.62. The lowest BCUT2D eigenvalue weighted by molar-refractivity contribution is 0.432. The lowest BCUT2D eigenvalue weighted by Crippen LogP contribution is -1.91. The molecule has 6 heteroatoms. The van der Waals surface area contributed by atoms with Gasteiger partial charge in [-0.2, -0.15) is 4.98 Å². The Hall–Kier alpha value is -2.76. The molecule has 0 spiro atoms. The van der Waals surface area contributed by atoms with Gasteiger partial charge in [0.2, 0.25) is 5.82 Å². The first-order valence-corrected chi connectivity index (χ1v) is 5.54. The smallest absolute Gasteiger partial charge is 0.260 e. The molecule has 2 heterocycles. The highest BCUT2D eigenvalue weighted by atomic mass is 19.1. The summed E-state index contributed by atoms with van der Waals surface area (Å²) in [5.41, 5.74) is 7.05. The first-order valence-electron chi connectivity index (χ1n) is 5.54. The van der Waals surface area contributed by atoms with E-state index in [9.17, 15) is 4.39 Å². The molecular weight excluding hydrogens is 247 g/mol. The summed E-state index contributed by atoms with van der Waals surface area (Å²) in [4.78, 5) is 8.02. The number of nitrogens with zero attached hydrogens (tertiary/aromatic N) is 3. The Bertz CT molecular complexity index is 666. The number of aromatic nitrogens is 3. The molecule has 2 aromatic heterocycles. The average Bonchev–Trinajstić information content (AvgIpc) is 2.89. The number of pyridine rings is 1. The average molecular weight is 256 g/mol. The van der Waals surface area contributed by atoms with Gasteiger partial charge >= 0.3 is 0 Å². The van der Waals surface area contributed by atoms with Crippen LogP contribution in [0.2, 0.25) is 0 Å². The number of hydrogen-bond acceptors (Lipinski definition) is 5. The summed E-state index contributed by atoms with van der Waals surface area (Å²) in [7, 11) is 0. The molecule has 0 saturated heterocycles. The molecule has 0 aliphatic heterocycles. The number of nitrogen functional groups attached to an aromatic ring is 1. The van der Waals surface area contributed by atoms with E-state index in [2.05, 4.69) is 15.1 Å². The van der Waals surface area contributed by atoms with E-state index in [1.165, 1.54) is 12.3 Å². The Labute approximate surface area is 107 Å². The highest BCUT2D eigenvalue weighted by Crippen LogP contribution is 2.26. The van der Waals surface area contributed by atoms with Crippen LogP contribution in [0.5, 0.6) is 0 Å². The summed E-state index contributed by atoms with van der Waals surface area (Å²) < 4.78 is 18.7. The molecular formula is C13H9FN4O. The molecule has 0 aliphatic carbocycles. The van der Waals surface area contributed by atoms with E-state index in [4.69, 9.17) is 10.3 Å². The van der Waals surface area contributed by atoms with Gasteiger partial charge < -0.3 is 10.3 Å². The zero-order valence-electron chi connectivity index (χ0n) is 9.75. The van der Waals surface area contributed by atoms with Gasteiger partial charge in [0.05, 0.1) is 23.0 Å². The van der Waals surface area contributed by atoms with Gasteiger partial charge in [0, 0.05) is 6.20 Å². The van der Waals surface area contributed by atoms with E-state index in [0.29, 0.717) is 11.3 Å². The van der Waals surface area contributed by atoms with Crippen LogP contribution in [0.4, 0.5) is 10.1 Å². The van der Waals surface area contributed by atoms with Crippen LogP contribution < -0.4 is 5.73 Å². The zero-order valence-corrected chi connectivity index (χ0v) is 9.75. The Morgan fingerprint density at radius 2 is 1.95 bits per heavy atom. The maximum absolute atomic E-state index is 13.6. The van der Waals surface area contributed by atoms with Crippen molar-refractivity contribution >= 4 is 5.69 Å². The SMILES string of the molecule is Nc1cnccc1-c1nc(-c2ccccc2F)no1. The molecule has 0 amide bonds. The molecule has 5 nitrogen and oxygen atoms in total. The first kappa shape index (κ1) is 11.3. The van der Waals surface area contributed by atoms with Crippen molar-refractivity contribution in [2.45, 2.75) is 0 Å². The second kappa shape index (κ2) is 4.49. The monoisotopic (exact) mass is 256 g/mol. The van der Waals surface area contributed by atoms with Gasteiger partial charge in [-0.3, -0.25) is 4.98 Å². The van der Waals surface area contributed by atoms with Crippen LogP contribution in [0.1, 0.15) is 0 Å². The fourth-order valence-corrected chi connectivity index (χ4v) is 1.69. The van der Waals surface area contributed by atoms with Crippen molar-refractivity contribution in [3.63, 3.8) is 0 Å². The Kier molecular flexibility index (Phi) is 2.68. The molecule has 0 fully saturated rings. The largest absolute Gasteiger partial charge is 0.397 e. The molecule has 19 heavy (non-hydrogen) atoms. The van der Waals surface area contributed by atoms with Crippen molar-refractivity contribution in [2.24, 2.45) is 0 Å². The number of benzene rings is 1. The summed E-state index contributed by atoms with van der Waals surface area (Å²) in [6.07, 6.45) is 3.06. The summed E-state index contributed by atoms with van der Waals surface area (Å²) in [5.74, 6) is 0.0139. The Morgan fingerprint density at radius 1 is 1.11 bits per heavy atom. The molecule has 0 atom stereocenters. The molecule has 0 saturated carbocycles. The van der Waals surface area contributed by atoms with E-state index in [0.717, 1.165) is 0 Å². The van der Waals surface area contributed by atoms with Crippen molar-refractivity contribution in [1.29, 1.82) is 0 Å². The van der Waals surface area contributed by atoms with E-state index in [-0.39, 0.29) is 17.3 Å². The van der Waals surface area contributed by atoms with Crippen LogP contribution in [0.25, 0.3) is 22.8 Å². The van der Waals surface area contributed by atoms with E-state index < -0.39 is 5.82 Å². The second-order valence-corrected chi connectivity index (χ2v) is 3.87. The first-order chi connectivity index (χ1) is 9.25. The van der Waals surface area contributed by atoms with Gasteiger partial charge in [-0.1, -0.05) is 17.3 Å². The summed E-state index contributed by atoms with van der Waals surface area (Å²) in [6, 6.07) is 7.88. The van der Waals surface area contributed by atoms with Gasteiger partial charge in [-0.05, 0) is 18.2 Å². The van der Waals surface area contributed by atoms with Crippen LogP contribution in [-0.2, 0) is 0 Å². The Morgan fingerprint density at radius 3 is 2.74 bits per heavy atom. The summed E-state index contributed by atoms with van der Waals surface area (Å²) >= 11 is 0. The predicted octanol–water partition coefficient (Wildman–Crippen LogP) is 2.52. The minimum atomic E-state index is -0.405. The lowest BCUT2D eigenvalue weighted by atomic mass is 10.2. The summed E-state index contributed by atoms with van der Waals surface area (Å²) in [5, 5.41) is 3.76. The maximum Gasteiger partial charge on any atom is 0.260 e. The molecule has 3 aromatic rings. The number of anilines is 1. The molecule has 0 bridgehead atoms. The number of hydrogen-bond donors (Lipinski definition) is 1. The molecule has 2 N–H and O–H groups in total. The van der Waals surface area contributed by atoms with Gasteiger partial charge in [-0.25, -0.2) is 4.39 Å². The molecule has 3 rings (SSSR count). The maximum atomic E-state index is 13.6. The van der Waals surface area contributed by atoms with Crippen LogP contribution in [0.15, 0.2) is 47.2 Å². The van der Waals surface area contributed by atoms with E-state index in [1.807, 2.05) is 0 Å². The second-order valence-electron chi connectivity index (χ2n) is 3.87. The molecule has 1 aromatic carbocycles. The van der Waals surface area contributed by atoms with Crippen molar-refractivity contribution in [1.82, 2.24) is 15.1 Å². The van der Waals surface area contributed by atoms with Crippen LogP contribution in [0, 0.1) is 5.82 Å². The van der Waals surface area contributed by atoms with Gasteiger partial charge in [0.25, 0.3) is 5.89 Å². The third kappa shape index (κ3) is 2.03. The standard InChI is InChI=1S/C13H9FN4O/c14-10-4-2-1-3-8(10)12-17-13(19-18-12)9-5-6-16-7-11(9)15/h1-7H,15H2. The van der Waals surface area contributed by atoms with E-state index in [1.54, 1.807) is 30.5 Å². The third-order valence-electron chi connectivity index (χ3n) is 2.62. The number of rotatable bonds is 2.